The highest BCUT2D eigenvalue weighted by Crippen LogP contribution is 2.37. The Morgan fingerprint density at radius 2 is 1.89 bits per heavy atom. The van der Waals surface area contributed by atoms with Gasteiger partial charge in [0, 0.05) is 37.0 Å². The Kier molecular flexibility index (Phi) is 9.34. The normalized spacial score (nSPS) is 15.5. The summed E-state index contributed by atoms with van der Waals surface area (Å²) in [4.78, 5) is 38.6. The number of para-hydroxylation sites is 1. The molecule has 10 nitrogen and oxygen atoms in total. The molecule has 2 N–H and O–H groups in total. The Hall–Kier alpha value is -4.78. The Bertz CT molecular complexity index is 1680. The van der Waals surface area contributed by atoms with Crippen molar-refractivity contribution in [3.8, 4) is 11.5 Å². The van der Waals surface area contributed by atoms with E-state index in [0.717, 1.165) is 38.4 Å². The van der Waals surface area contributed by atoms with Gasteiger partial charge >= 0.3 is 6.03 Å². The summed E-state index contributed by atoms with van der Waals surface area (Å²) < 4.78 is 26.2. The van der Waals surface area contributed by atoms with E-state index in [0.29, 0.717) is 27.8 Å². The van der Waals surface area contributed by atoms with Crippen molar-refractivity contribution in [2.75, 3.05) is 36.5 Å². The number of ether oxygens (including phenoxy) is 2. The summed E-state index contributed by atoms with van der Waals surface area (Å²) in [7, 11) is 0. The van der Waals surface area contributed by atoms with Crippen molar-refractivity contribution in [3.05, 3.63) is 109 Å². The van der Waals surface area contributed by atoms with Gasteiger partial charge in [0.05, 0.1) is 25.4 Å². The van der Waals surface area contributed by atoms with Crippen molar-refractivity contribution in [1.29, 1.82) is 0 Å². The first-order valence-corrected chi connectivity index (χ1v) is 15.3. The molecule has 2 aliphatic rings. The zero-order valence-corrected chi connectivity index (χ0v) is 25.1. The number of hydrogen-bond donors (Lipinski definition) is 2. The molecular formula is C33H31FN6O4S. The molecule has 0 spiro atoms. The lowest BCUT2D eigenvalue weighted by molar-refractivity contribution is -0.115. The highest BCUT2D eigenvalue weighted by molar-refractivity contribution is 8.00. The van der Waals surface area contributed by atoms with Crippen LogP contribution >= 0.6 is 11.8 Å². The van der Waals surface area contributed by atoms with Gasteiger partial charge in [0.15, 0.2) is 17.4 Å². The van der Waals surface area contributed by atoms with Crippen LogP contribution in [-0.4, -0.2) is 58.4 Å². The minimum absolute atomic E-state index is 0.0214. The summed E-state index contributed by atoms with van der Waals surface area (Å²) in [5.74, 6) is -0.103. The van der Waals surface area contributed by atoms with Crippen LogP contribution in [0.15, 0.2) is 96.8 Å². The molecule has 1 atom stereocenters. The molecule has 1 fully saturated rings. The molecule has 3 amide bonds. The zero-order chi connectivity index (χ0) is 31.2. The lowest BCUT2D eigenvalue weighted by Gasteiger charge is -2.30. The number of benzene rings is 3. The first-order chi connectivity index (χ1) is 22.0. The average Bonchev–Trinajstić information content (AvgIpc) is 3.06. The highest BCUT2D eigenvalue weighted by Gasteiger charge is 2.31. The number of rotatable bonds is 10. The van der Waals surface area contributed by atoms with Crippen LogP contribution in [0.4, 0.5) is 26.4 Å². The van der Waals surface area contributed by atoms with E-state index >= 15 is 4.39 Å². The summed E-state index contributed by atoms with van der Waals surface area (Å²) >= 11 is 1.19. The molecule has 0 aliphatic carbocycles. The van der Waals surface area contributed by atoms with Crippen molar-refractivity contribution < 1.29 is 23.5 Å². The molecule has 0 saturated carbocycles. The smallest absolute Gasteiger partial charge is 0.327 e. The number of halogens is 1. The first-order valence-electron chi connectivity index (χ1n) is 14.4. The fourth-order valence-electron chi connectivity index (χ4n) is 5.00. The van der Waals surface area contributed by atoms with E-state index in [4.69, 9.17) is 9.47 Å². The van der Waals surface area contributed by atoms with E-state index < -0.39 is 17.1 Å². The third-order valence-electron chi connectivity index (χ3n) is 7.30. The molecule has 0 bridgehead atoms. The van der Waals surface area contributed by atoms with E-state index in [1.165, 1.54) is 35.1 Å². The molecule has 12 heteroatoms. The number of nitrogens with one attached hydrogen (secondary N) is 2. The number of hydrogen-bond acceptors (Lipinski definition) is 8. The van der Waals surface area contributed by atoms with Gasteiger partial charge < -0.3 is 20.1 Å². The molecule has 3 heterocycles. The highest BCUT2D eigenvalue weighted by atomic mass is 32.2. The van der Waals surface area contributed by atoms with Crippen molar-refractivity contribution in [2.24, 2.45) is 0 Å². The summed E-state index contributed by atoms with van der Waals surface area (Å²) in [6.07, 6.45) is 2.86. The topological polar surface area (TPSA) is 109 Å². The van der Waals surface area contributed by atoms with Gasteiger partial charge in [-0.25, -0.2) is 24.1 Å². The number of morpholine rings is 1. The van der Waals surface area contributed by atoms with Gasteiger partial charge in [-0.1, -0.05) is 48.2 Å². The van der Waals surface area contributed by atoms with E-state index in [1.54, 1.807) is 36.4 Å². The van der Waals surface area contributed by atoms with Gasteiger partial charge in [0.2, 0.25) is 5.91 Å². The van der Waals surface area contributed by atoms with Crippen LogP contribution < -0.4 is 20.3 Å². The lowest BCUT2D eigenvalue weighted by atomic mass is 10.2. The molecule has 1 aromatic heterocycles. The fourth-order valence-corrected chi connectivity index (χ4v) is 5.91. The van der Waals surface area contributed by atoms with E-state index in [-0.39, 0.29) is 23.9 Å². The fraction of sp³-hybridized carbons (Fsp3) is 0.212. The Morgan fingerprint density at radius 3 is 2.62 bits per heavy atom. The zero-order valence-electron chi connectivity index (χ0n) is 24.3. The van der Waals surface area contributed by atoms with Gasteiger partial charge in [-0.2, -0.15) is 0 Å². The number of anilines is 3. The Morgan fingerprint density at radius 1 is 1.11 bits per heavy atom. The van der Waals surface area contributed by atoms with Crippen LogP contribution in [-0.2, 0) is 22.6 Å². The predicted molar refractivity (Wildman–Crippen MR) is 170 cm³/mol. The molecule has 4 aromatic rings. The average molecular weight is 627 g/mol. The quantitative estimate of drug-likeness (QED) is 0.128. The predicted octanol–water partition coefficient (Wildman–Crippen LogP) is 5.89. The minimum atomic E-state index is -0.685. The lowest BCUT2D eigenvalue weighted by Crippen LogP contribution is -2.42. The number of thioether (sulfide) groups is 1. The second-order valence-corrected chi connectivity index (χ2v) is 11.5. The van der Waals surface area contributed by atoms with Crippen molar-refractivity contribution in [1.82, 2.24) is 20.2 Å². The molecular weight excluding hydrogens is 595 g/mol. The third kappa shape index (κ3) is 7.14. The Labute approximate surface area is 264 Å². The van der Waals surface area contributed by atoms with Gasteiger partial charge in [-0.05, 0) is 42.0 Å². The number of nitrogens with zero attached hydrogens (tertiary/aromatic N) is 4. The van der Waals surface area contributed by atoms with Crippen LogP contribution in [0.25, 0.3) is 0 Å². The van der Waals surface area contributed by atoms with Gasteiger partial charge in [0.25, 0.3) is 0 Å². The Balaban J connectivity index is 1.16. The number of fused-ring (bicyclic) bond motifs is 1. The van der Waals surface area contributed by atoms with Crippen LogP contribution in [0.5, 0.6) is 11.5 Å². The molecule has 1 unspecified atom stereocenters. The molecule has 2 aliphatic heterocycles. The van der Waals surface area contributed by atoms with Crippen LogP contribution in [0, 0.1) is 5.82 Å². The maximum atomic E-state index is 15.1. The molecule has 6 rings (SSSR count). The number of carbonyl (C=O) groups is 2. The SMILES string of the molecule is C=CC(Sc1ncnc2c1CNC(=O)N2c1ccc(Oc2ccccc2)c(F)c1)C(=O)Nc1ccc(CN2CCOCC2)cc1. The number of amides is 3. The maximum Gasteiger partial charge on any atom is 0.327 e. The van der Waals surface area contributed by atoms with Crippen LogP contribution in [0.3, 0.4) is 0 Å². The van der Waals surface area contributed by atoms with E-state index in [2.05, 4.69) is 32.1 Å². The van der Waals surface area contributed by atoms with Crippen molar-refractivity contribution in [2.45, 2.75) is 23.4 Å². The first kappa shape index (κ1) is 30.3. The molecule has 1 saturated heterocycles. The second kappa shape index (κ2) is 13.9. The third-order valence-corrected chi connectivity index (χ3v) is 8.54. The number of aromatic nitrogens is 2. The van der Waals surface area contributed by atoms with E-state index in [1.807, 2.05) is 30.3 Å². The maximum absolute atomic E-state index is 15.1. The second-order valence-electron chi connectivity index (χ2n) is 10.4. The number of urea groups is 1. The van der Waals surface area contributed by atoms with Gasteiger partial charge in [-0.15, -0.1) is 6.58 Å². The minimum Gasteiger partial charge on any atom is -0.454 e. The summed E-state index contributed by atoms with van der Waals surface area (Å²) in [6, 6.07) is 20.4. The standard InChI is InChI=1S/C33H31FN6O4S/c1-2-29(31(41)38-23-10-8-22(9-11-23)20-39-14-16-43-17-15-39)45-32-26-19-35-33(42)40(30(26)36-21-37-32)24-12-13-28(27(34)18-24)44-25-6-4-3-5-7-25/h2-13,18,21,29H,1,14-17,19-20H2,(H,35,42)(H,38,41). The van der Waals surface area contributed by atoms with Gasteiger partial charge in [-0.3, -0.25) is 9.69 Å². The van der Waals surface area contributed by atoms with Crippen molar-refractivity contribution in [3.63, 3.8) is 0 Å². The molecule has 0 radical (unpaired) electrons. The molecule has 45 heavy (non-hydrogen) atoms. The number of carbonyl (C=O) groups excluding carboxylic acids is 2. The monoisotopic (exact) mass is 626 g/mol. The summed E-state index contributed by atoms with van der Waals surface area (Å²) in [5, 5.41) is 5.56. The van der Waals surface area contributed by atoms with Crippen LogP contribution in [0.1, 0.15) is 11.1 Å². The van der Waals surface area contributed by atoms with Crippen molar-refractivity contribution >= 4 is 40.9 Å². The molecule has 3 aromatic carbocycles. The summed E-state index contributed by atoms with van der Waals surface area (Å²) in [6.45, 7) is 8.11. The van der Waals surface area contributed by atoms with Gasteiger partial charge in [0.1, 0.15) is 22.4 Å². The van der Waals surface area contributed by atoms with Crippen LogP contribution in [0.2, 0.25) is 0 Å². The summed E-state index contributed by atoms with van der Waals surface area (Å²) in [5.41, 5.74) is 2.68. The molecule has 230 valence electrons. The van der Waals surface area contributed by atoms with E-state index in [9.17, 15) is 9.59 Å². The largest absolute Gasteiger partial charge is 0.454 e.